The van der Waals surface area contributed by atoms with Crippen LogP contribution in [-0.2, 0) is 0 Å². The molecule has 0 spiro atoms. The van der Waals surface area contributed by atoms with Gasteiger partial charge in [-0.15, -0.1) is 0 Å². The number of nitrogens with zero attached hydrogens (tertiary/aromatic N) is 2. The molecule has 1 unspecified atom stereocenters. The van der Waals surface area contributed by atoms with Crippen molar-refractivity contribution in [3.05, 3.63) is 30.6 Å². The van der Waals surface area contributed by atoms with Crippen LogP contribution >= 0.6 is 0 Å². The Bertz CT molecular complexity index is 594. The largest absolute Gasteiger partial charge is 0.397 e. The molecule has 1 saturated heterocycles. The lowest BCUT2D eigenvalue weighted by atomic mass is 9.98. The van der Waals surface area contributed by atoms with Crippen molar-refractivity contribution in [1.82, 2.24) is 4.98 Å². The lowest BCUT2D eigenvalue weighted by Crippen LogP contribution is -2.25. The zero-order valence-corrected chi connectivity index (χ0v) is 12.2. The first-order valence-electron chi connectivity index (χ1n) is 7.66. The molecule has 0 aliphatic carbocycles. The first-order valence-corrected chi connectivity index (χ1v) is 7.66. The number of hydrogen-bond donors (Lipinski definition) is 1. The summed E-state index contributed by atoms with van der Waals surface area (Å²) in [6, 6.07) is 6.31. The summed E-state index contributed by atoms with van der Waals surface area (Å²) in [7, 11) is 0. The maximum absolute atomic E-state index is 6.40. The number of nitrogen functional groups attached to an aromatic ring is 1. The summed E-state index contributed by atoms with van der Waals surface area (Å²) >= 11 is 0. The molecule has 1 atom stereocenters. The number of pyridine rings is 1. The second-order valence-corrected chi connectivity index (χ2v) is 5.79. The fourth-order valence-electron chi connectivity index (χ4n) is 3.27. The highest BCUT2D eigenvalue weighted by Crippen LogP contribution is 2.33. The summed E-state index contributed by atoms with van der Waals surface area (Å²) in [5.74, 6) is 0.880. The maximum Gasteiger partial charge on any atom is 0.0632 e. The Balaban J connectivity index is 1.92. The van der Waals surface area contributed by atoms with Gasteiger partial charge in [0.25, 0.3) is 0 Å². The van der Waals surface area contributed by atoms with E-state index in [0.29, 0.717) is 0 Å². The van der Waals surface area contributed by atoms with Crippen LogP contribution in [0, 0.1) is 5.92 Å². The zero-order valence-electron chi connectivity index (χ0n) is 12.2. The normalized spacial score (nSPS) is 20.1. The Hall–Kier alpha value is -1.77. The van der Waals surface area contributed by atoms with Gasteiger partial charge < -0.3 is 10.6 Å². The summed E-state index contributed by atoms with van der Waals surface area (Å²) < 4.78 is 0. The Morgan fingerprint density at radius 3 is 3.00 bits per heavy atom. The Kier molecular flexibility index (Phi) is 3.77. The van der Waals surface area contributed by atoms with Crippen molar-refractivity contribution in [3.63, 3.8) is 0 Å². The van der Waals surface area contributed by atoms with E-state index in [2.05, 4.69) is 28.9 Å². The monoisotopic (exact) mass is 269 g/mol. The molecule has 1 aliphatic heterocycles. The molecule has 0 bridgehead atoms. The molecule has 106 valence electrons. The summed E-state index contributed by atoms with van der Waals surface area (Å²) in [5.41, 5.74) is 8.50. The number of fused-ring (bicyclic) bond motifs is 1. The number of nitrogens with two attached hydrogens (primary N) is 1. The van der Waals surface area contributed by atoms with Crippen LogP contribution in [0.5, 0.6) is 0 Å². The van der Waals surface area contributed by atoms with Gasteiger partial charge in [-0.1, -0.05) is 19.4 Å². The molecule has 20 heavy (non-hydrogen) atoms. The highest BCUT2D eigenvalue weighted by atomic mass is 15.1. The van der Waals surface area contributed by atoms with Crippen LogP contribution in [0.4, 0.5) is 11.4 Å². The van der Waals surface area contributed by atoms with Gasteiger partial charge in [0.2, 0.25) is 0 Å². The van der Waals surface area contributed by atoms with Crippen LogP contribution < -0.4 is 10.6 Å². The van der Waals surface area contributed by atoms with Gasteiger partial charge >= 0.3 is 0 Å². The van der Waals surface area contributed by atoms with E-state index in [-0.39, 0.29) is 0 Å². The predicted octanol–water partition coefficient (Wildman–Crippen LogP) is 3.83. The van der Waals surface area contributed by atoms with Crippen molar-refractivity contribution in [3.8, 4) is 0 Å². The minimum absolute atomic E-state index is 0.880. The first-order chi connectivity index (χ1) is 9.79. The number of anilines is 2. The van der Waals surface area contributed by atoms with Gasteiger partial charge in [-0.3, -0.25) is 4.98 Å². The first kappa shape index (κ1) is 13.2. The molecule has 2 N–H and O–H groups in total. The fraction of sp³-hybridized carbons (Fsp3) is 0.471. The molecule has 1 aromatic carbocycles. The molecule has 3 heteroatoms. The van der Waals surface area contributed by atoms with Gasteiger partial charge in [0.1, 0.15) is 0 Å². The Morgan fingerprint density at radius 1 is 1.25 bits per heavy atom. The topological polar surface area (TPSA) is 42.2 Å². The summed E-state index contributed by atoms with van der Waals surface area (Å²) in [4.78, 5) is 6.63. The Labute approximate surface area is 120 Å². The fourth-order valence-corrected chi connectivity index (χ4v) is 3.27. The number of aromatic nitrogens is 1. The van der Waals surface area contributed by atoms with E-state index in [1.807, 2.05) is 18.5 Å². The Morgan fingerprint density at radius 2 is 2.15 bits per heavy atom. The van der Waals surface area contributed by atoms with Crippen molar-refractivity contribution in [2.75, 3.05) is 23.7 Å². The van der Waals surface area contributed by atoms with E-state index in [9.17, 15) is 0 Å². The second kappa shape index (κ2) is 5.70. The highest BCUT2D eigenvalue weighted by Gasteiger charge is 2.18. The van der Waals surface area contributed by atoms with E-state index < -0.39 is 0 Å². The van der Waals surface area contributed by atoms with Crippen molar-refractivity contribution in [2.45, 2.75) is 32.6 Å². The van der Waals surface area contributed by atoms with Gasteiger partial charge in [0, 0.05) is 36.3 Å². The van der Waals surface area contributed by atoms with Crippen molar-refractivity contribution < 1.29 is 0 Å². The lowest BCUT2D eigenvalue weighted by Gasteiger charge is -2.25. The lowest BCUT2D eigenvalue weighted by molar-refractivity contribution is 0.459. The van der Waals surface area contributed by atoms with Gasteiger partial charge in [-0.05, 0) is 37.3 Å². The predicted molar refractivity (Wildman–Crippen MR) is 86.0 cm³/mol. The molecule has 2 aromatic rings. The molecule has 3 rings (SSSR count). The van der Waals surface area contributed by atoms with Crippen molar-refractivity contribution >= 4 is 22.1 Å². The average Bonchev–Trinajstić information content (AvgIpc) is 2.73. The van der Waals surface area contributed by atoms with Crippen LogP contribution in [0.2, 0.25) is 0 Å². The summed E-state index contributed by atoms with van der Waals surface area (Å²) in [5, 5.41) is 2.24. The molecular formula is C17H23N3. The molecular weight excluding hydrogens is 246 g/mol. The minimum atomic E-state index is 0.880. The van der Waals surface area contributed by atoms with Crippen molar-refractivity contribution in [2.24, 2.45) is 5.92 Å². The van der Waals surface area contributed by atoms with E-state index >= 15 is 0 Å². The van der Waals surface area contributed by atoms with E-state index in [4.69, 9.17) is 5.73 Å². The average molecular weight is 269 g/mol. The maximum atomic E-state index is 6.40. The van der Waals surface area contributed by atoms with Crippen LogP contribution in [0.15, 0.2) is 30.6 Å². The molecule has 3 nitrogen and oxygen atoms in total. The second-order valence-electron chi connectivity index (χ2n) is 5.79. The minimum Gasteiger partial charge on any atom is -0.397 e. The number of hydrogen-bond acceptors (Lipinski definition) is 3. The number of benzene rings is 1. The van der Waals surface area contributed by atoms with Crippen LogP contribution in [0.1, 0.15) is 32.6 Å². The van der Waals surface area contributed by atoms with E-state index in [0.717, 1.165) is 35.5 Å². The van der Waals surface area contributed by atoms with Crippen LogP contribution in [0.3, 0.4) is 0 Å². The third-order valence-corrected chi connectivity index (χ3v) is 4.60. The van der Waals surface area contributed by atoms with E-state index in [1.165, 1.54) is 31.4 Å². The molecule has 0 radical (unpaired) electrons. The van der Waals surface area contributed by atoms with Crippen molar-refractivity contribution in [1.29, 1.82) is 0 Å². The molecule has 0 amide bonds. The van der Waals surface area contributed by atoms with Gasteiger partial charge in [0.05, 0.1) is 11.4 Å². The molecule has 1 aromatic heterocycles. The standard InChI is InChI=1S/C17H23N3/c1-2-13-4-3-10-20(11-8-13)16-6-5-14-12-19-9-7-15(14)17(16)18/h5-7,9,12-13H,2-4,8,10-11,18H2,1H3. The quantitative estimate of drug-likeness (QED) is 0.842. The van der Waals surface area contributed by atoms with Gasteiger partial charge in [-0.25, -0.2) is 0 Å². The zero-order chi connectivity index (χ0) is 13.9. The highest BCUT2D eigenvalue weighted by molar-refractivity contribution is 5.98. The molecule has 1 aliphatic rings. The molecule has 0 saturated carbocycles. The third kappa shape index (κ3) is 2.45. The van der Waals surface area contributed by atoms with E-state index in [1.54, 1.807) is 0 Å². The molecule has 2 heterocycles. The van der Waals surface area contributed by atoms with Crippen LogP contribution in [0.25, 0.3) is 10.8 Å². The molecule has 1 fully saturated rings. The van der Waals surface area contributed by atoms with Gasteiger partial charge in [-0.2, -0.15) is 0 Å². The summed E-state index contributed by atoms with van der Waals surface area (Å²) in [6.45, 7) is 4.55. The third-order valence-electron chi connectivity index (χ3n) is 4.60. The van der Waals surface area contributed by atoms with Crippen LogP contribution in [-0.4, -0.2) is 18.1 Å². The smallest absolute Gasteiger partial charge is 0.0632 e. The summed E-state index contributed by atoms with van der Waals surface area (Å²) in [6.07, 6.45) is 8.90. The number of rotatable bonds is 2. The SMILES string of the molecule is CCC1CCCN(c2ccc3cnccc3c2N)CC1. The van der Waals surface area contributed by atoms with Gasteiger partial charge in [0.15, 0.2) is 0 Å².